The number of benzene rings is 1. The molecule has 2 aromatic rings. The molecule has 23 heavy (non-hydrogen) atoms. The Kier molecular flexibility index (Phi) is 5.17. The maximum Gasteiger partial charge on any atom is 0.350 e. The smallest absolute Gasteiger partial charge is 0.350 e. The van der Waals surface area contributed by atoms with Gasteiger partial charge in [0.15, 0.2) is 16.6 Å². The fourth-order valence-corrected chi connectivity index (χ4v) is 2.84. The Morgan fingerprint density at radius 3 is 2.52 bits per heavy atom. The van der Waals surface area contributed by atoms with Crippen molar-refractivity contribution in [1.29, 1.82) is 0 Å². The zero-order valence-electron chi connectivity index (χ0n) is 13.1. The summed E-state index contributed by atoms with van der Waals surface area (Å²) in [5.74, 6) is -0.120. The third-order valence-corrected chi connectivity index (χ3v) is 4.09. The number of carbonyl (C=O) groups is 2. The molecule has 0 unspecified atom stereocenters. The van der Waals surface area contributed by atoms with Gasteiger partial charge >= 0.3 is 5.97 Å². The molecule has 2 rings (SSSR count). The van der Waals surface area contributed by atoms with E-state index >= 15 is 0 Å². The highest BCUT2D eigenvalue weighted by Gasteiger charge is 2.20. The van der Waals surface area contributed by atoms with Gasteiger partial charge in [0.2, 0.25) is 0 Å². The number of ether oxygens (including phenoxy) is 3. The molecule has 0 aliphatic carbocycles. The molecular formula is C15H16N2O5S. The molecule has 8 heteroatoms. The summed E-state index contributed by atoms with van der Waals surface area (Å²) in [4.78, 5) is 28.5. The van der Waals surface area contributed by atoms with Crippen LogP contribution in [0.3, 0.4) is 0 Å². The maximum absolute atomic E-state index is 12.4. The molecule has 0 saturated heterocycles. The van der Waals surface area contributed by atoms with Gasteiger partial charge in [0, 0.05) is 0 Å². The summed E-state index contributed by atoms with van der Waals surface area (Å²) < 4.78 is 15.1. The summed E-state index contributed by atoms with van der Waals surface area (Å²) in [7, 11) is 4.24. The Morgan fingerprint density at radius 2 is 1.91 bits per heavy atom. The van der Waals surface area contributed by atoms with Gasteiger partial charge in [-0.2, -0.15) is 0 Å². The van der Waals surface area contributed by atoms with Crippen molar-refractivity contribution in [3.63, 3.8) is 0 Å². The Morgan fingerprint density at radius 1 is 1.17 bits per heavy atom. The van der Waals surface area contributed by atoms with Crippen LogP contribution in [-0.2, 0) is 4.74 Å². The number of hydrogen-bond donors (Lipinski definition) is 1. The van der Waals surface area contributed by atoms with Crippen molar-refractivity contribution >= 4 is 28.3 Å². The highest BCUT2D eigenvalue weighted by Crippen LogP contribution is 2.31. The normalized spacial score (nSPS) is 10.1. The first-order chi connectivity index (χ1) is 11.0. The predicted octanol–water partition coefficient (Wildman–Crippen LogP) is 2.51. The first-order valence-electron chi connectivity index (χ1n) is 6.59. The molecule has 0 saturated carbocycles. The zero-order chi connectivity index (χ0) is 17.0. The average molecular weight is 336 g/mol. The lowest BCUT2D eigenvalue weighted by atomic mass is 10.1. The molecule has 0 radical (unpaired) electrons. The van der Waals surface area contributed by atoms with Crippen LogP contribution >= 0.6 is 11.3 Å². The number of carbonyl (C=O) groups excluding carboxylic acids is 2. The SMILES string of the molecule is COC(=O)c1sc(NC(=O)c2cccc(OC)c2OC)nc1C. The number of rotatable bonds is 5. The predicted molar refractivity (Wildman–Crippen MR) is 85.7 cm³/mol. The molecule has 1 aromatic carbocycles. The highest BCUT2D eigenvalue weighted by molar-refractivity contribution is 7.17. The number of anilines is 1. The Bertz CT molecular complexity index is 741. The lowest BCUT2D eigenvalue weighted by Gasteiger charge is -2.11. The number of nitrogens with zero attached hydrogens (tertiary/aromatic N) is 1. The molecule has 1 aromatic heterocycles. The van der Waals surface area contributed by atoms with Crippen molar-refractivity contribution in [3.8, 4) is 11.5 Å². The van der Waals surface area contributed by atoms with Crippen molar-refractivity contribution in [1.82, 2.24) is 4.98 Å². The second-order valence-corrected chi connectivity index (χ2v) is 5.42. The minimum Gasteiger partial charge on any atom is -0.493 e. The van der Waals surface area contributed by atoms with Gasteiger partial charge in [0.25, 0.3) is 5.91 Å². The molecule has 1 amide bonds. The van der Waals surface area contributed by atoms with Gasteiger partial charge in [-0.15, -0.1) is 0 Å². The van der Waals surface area contributed by atoms with E-state index in [2.05, 4.69) is 15.0 Å². The van der Waals surface area contributed by atoms with Crippen LogP contribution in [0, 0.1) is 6.92 Å². The molecular weight excluding hydrogens is 320 g/mol. The minimum atomic E-state index is -0.487. The topological polar surface area (TPSA) is 86.8 Å². The zero-order valence-corrected chi connectivity index (χ0v) is 13.9. The van der Waals surface area contributed by atoms with Crippen LogP contribution in [0.1, 0.15) is 25.7 Å². The number of amides is 1. The largest absolute Gasteiger partial charge is 0.493 e. The maximum atomic E-state index is 12.4. The van der Waals surface area contributed by atoms with Gasteiger partial charge in [-0.25, -0.2) is 9.78 Å². The molecule has 0 atom stereocenters. The van der Waals surface area contributed by atoms with E-state index in [4.69, 9.17) is 9.47 Å². The number of thiazole rings is 1. The van der Waals surface area contributed by atoms with Gasteiger partial charge in [-0.3, -0.25) is 10.1 Å². The molecule has 0 aliphatic rings. The average Bonchev–Trinajstić information content (AvgIpc) is 2.93. The standard InChI is InChI=1S/C15H16N2O5S/c1-8-12(14(19)22-4)23-15(16-8)17-13(18)9-6-5-7-10(20-2)11(9)21-3/h5-7H,1-4H3,(H,16,17,18). The fourth-order valence-electron chi connectivity index (χ4n) is 1.96. The summed E-state index contributed by atoms with van der Waals surface area (Å²) in [6, 6.07) is 4.99. The van der Waals surface area contributed by atoms with Crippen LogP contribution in [0.25, 0.3) is 0 Å². The molecule has 0 fully saturated rings. The third kappa shape index (κ3) is 3.42. The van der Waals surface area contributed by atoms with Crippen LogP contribution in [0.5, 0.6) is 11.5 Å². The Balaban J connectivity index is 2.28. The van der Waals surface area contributed by atoms with E-state index in [-0.39, 0.29) is 0 Å². The number of aryl methyl sites for hydroxylation is 1. The van der Waals surface area contributed by atoms with Gasteiger partial charge in [0.05, 0.1) is 32.6 Å². The quantitative estimate of drug-likeness (QED) is 0.844. The highest BCUT2D eigenvalue weighted by atomic mass is 32.1. The van der Waals surface area contributed by atoms with E-state index in [1.165, 1.54) is 21.3 Å². The van der Waals surface area contributed by atoms with Crippen LogP contribution in [0.2, 0.25) is 0 Å². The summed E-state index contributed by atoms with van der Waals surface area (Å²) in [6.45, 7) is 1.67. The van der Waals surface area contributed by atoms with E-state index in [1.807, 2.05) is 0 Å². The Labute approximate surface area is 137 Å². The first-order valence-corrected chi connectivity index (χ1v) is 7.41. The molecule has 0 aliphatic heterocycles. The lowest BCUT2D eigenvalue weighted by molar-refractivity contribution is 0.0605. The third-order valence-electron chi connectivity index (χ3n) is 3.04. The number of nitrogens with one attached hydrogen (secondary N) is 1. The van der Waals surface area contributed by atoms with Gasteiger partial charge in [0.1, 0.15) is 4.88 Å². The second-order valence-electron chi connectivity index (χ2n) is 4.42. The summed E-state index contributed by atoms with van der Waals surface area (Å²) in [5.41, 5.74) is 0.800. The molecule has 1 N–H and O–H groups in total. The molecule has 1 heterocycles. The van der Waals surface area contributed by atoms with E-state index in [1.54, 1.807) is 25.1 Å². The number of aromatic nitrogens is 1. The number of methoxy groups -OCH3 is 3. The number of para-hydroxylation sites is 1. The van der Waals surface area contributed by atoms with Crippen LogP contribution in [-0.4, -0.2) is 38.2 Å². The van der Waals surface area contributed by atoms with Crippen LogP contribution < -0.4 is 14.8 Å². The van der Waals surface area contributed by atoms with Gasteiger partial charge in [-0.05, 0) is 19.1 Å². The lowest BCUT2D eigenvalue weighted by Crippen LogP contribution is -2.13. The van der Waals surface area contributed by atoms with Crippen LogP contribution in [0.15, 0.2) is 18.2 Å². The second kappa shape index (κ2) is 7.10. The molecule has 0 bridgehead atoms. The van der Waals surface area contributed by atoms with Crippen LogP contribution in [0.4, 0.5) is 5.13 Å². The van der Waals surface area contributed by atoms with Crippen molar-refractivity contribution in [2.24, 2.45) is 0 Å². The Hall–Kier alpha value is -2.61. The summed E-state index contributed by atoms with van der Waals surface area (Å²) in [5, 5.41) is 2.95. The van der Waals surface area contributed by atoms with Crippen molar-refractivity contribution in [3.05, 3.63) is 34.3 Å². The van der Waals surface area contributed by atoms with E-state index < -0.39 is 11.9 Å². The number of esters is 1. The summed E-state index contributed by atoms with van der Waals surface area (Å²) in [6.07, 6.45) is 0. The number of hydrogen-bond acceptors (Lipinski definition) is 7. The molecule has 0 spiro atoms. The van der Waals surface area contributed by atoms with E-state index in [9.17, 15) is 9.59 Å². The van der Waals surface area contributed by atoms with Gasteiger partial charge < -0.3 is 14.2 Å². The van der Waals surface area contributed by atoms with Gasteiger partial charge in [-0.1, -0.05) is 17.4 Å². The van der Waals surface area contributed by atoms with Crippen molar-refractivity contribution in [2.45, 2.75) is 6.92 Å². The fraction of sp³-hybridized carbons (Fsp3) is 0.267. The van der Waals surface area contributed by atoms with E-state index in [0.29, 0.717) is 32.8 Å². The molecule has 122 valence electrons. The monoisotopic (exact) mass is 336 g/mol. The first kappa shape index (κ1) is 16.8. The summed E-state index contributed by atoms with van der Waals surface area (Å²) >= 11 is 1.05. The van der Waals surface area contributed by atoms with Crippen molar-refractivity contribution in [2.75, 3.05) is 26.6 Å². The minimum absolute atomic E-state index is 0.303. The van der Waals surface area contributed by atoms with E-state index in [0.717, 1.165) is 11.3 Å². The van der Waals surface area contributed by atoms with Crippen molar-refractivity contribution < 1.29 is 23.8 Å². The molecule has 7 nitrogen and oxygen atoms in total.